The highest BCUT2D eigenvalue weighted by Crippen LogP contribution is 2.08. The monoisotopic (exact) mass is 479 g/mol. The minimum atomic E-state index is -1.52. The van der Waals surface area contributed by atoms with Gasteiger partial charge in [0.25, 0.3) is 0 Å². The smallest absolute Gasteiger partial charge is 0.328 e. The van der Waals surface area contributed by atoms with E-state index in [0.29, 0.717) is 19.4 Å². The number of benzene rings is 1. The van der Waals surface area contributed by atoms with Crippen molar-refractivity contribution < 1.29 is 29.4 Å². The van der Waals surface area contributed by atoms with Gasteiger partial charge in [-0.2, -0.15) is 0 Å². The molecule has 3 amide bonds. The van der Waals surface area contributed by atoms with E-state index in [0.717, 1.165) is 12.0 Å². The molecule has 11 nitrogen and oxygen atoms in total. The Morgan fingerprint density at radius 2 is 1.53 bits per heavy atom. The molecule has 1 aromatic rings. The molecule has 1 rings (SSSR count). The van der Waals surface area contributed by atoms with Crippen LogP contribution in [0.15, 0.2) is 30.3 Å². The fourth-order valence-corrected chi connectivity index (χ4v) is 3.21. The Kier molecular flexibility index (Phi) is 12.8. The highest BCUT2D eigenvalue weighted by molar-refractivity contribution is 5.94. The lowest BCUT2D eigenvalue weighted by atomic mass is 10.00. The third-order valence-electron chi connectivity index (χ3n) is 5.27. The van der Waals surface area contributed by atoms with Gasteiger partial charge in [0.1, 0.15) is 18.1 Å². The minimum absolute atomic E-state index is 0.0769. The van der Waals surface area contributed by atoms with Crippen LogP contribution in [0.2, 0.25) is 0 Å². The van der Waals surface area contributed by atoms with Gasteiger partial charge in [0, 0.05) is 6.42 Å². The van der Waals surface area contributed by atoms with Crippen molar-refractivity contribution in [1.29, 1.82) is 0 Å². The molecular formula is C23H37N5O6. The second-order valence-corrected chi connectivity index (χ2v) is 8.45. The predicted octanol–water partition coefficient (Wildman–Crippen LogP) is -1.13. The van der Waals surface area contributed by atoms with Crippen LogP contribution >= 0.6 is 0 Å². The van der Waals surface area contributed by atoms with Crippen LogP contribution in [0.4, 0.5) is 0 Å². The molecule has 11 heteroatoms. The minimum Gasteiger partial charge on any atom is -0.480 e. The summed E-state index contributed by atoms with van der Waals surface area (Å²) in [6, 6.07) is 4.42. The second-order valence-electron chi connectivity index (χ2n) is 8.45. The molecule has 9 N–H and O–H groups in total. The number of carboxylic acid groups (broad SMARTS) is 1. The van der Waals surface area contributed by atoms with Gasteiger partial charge in [-0.25, -0.2) is 4.79 Å². The second kappa shape index (κ2) is 15.0. The number of aliphatic hydroxyl groups excluding tert-OH is 1. The molecule has 0 aliphatic carbocycles. The predicted molar refractivity (Wildman–Crippen MR) is 126 cm³/mol. The van der Waals surface area contributed by atoms with Crippen molar-refractivity contribution in [2.75, 3.05) is 13.2 Å². The van der Waals surface area contributed by atoms with Gasteiger partial charge in [0.15, 0.2) is 0 Å². The lowest BCUT2D eigenvalue weighted by Crippen LogP contribution is -2.59. The van der Waals surface area contributed by atoms with Crippen molar-refractivity contribution in [2.24, 2.45) is 17.4 Å². The van der Waals surface area contributed by atoms with Crippen LogP contribution in [0.3, 0.4) is 0 Å². The van der Waals surface area contributed by atoms with Gasteiger partial charge >= 0.3 is 5.97 Å². The Labute approximate surface area is 199 Å². The van der Waals surface area contributed by atoms with E-state index in [9.17, 15) is 24.3 Å². The molecule has 190 valence electrons. The first-order chi connectivity index (χ1) is 16.1. The first-order valence-corrected chi connectivity index (χ1v) is 11.3. The van der Waals surface area contributed by atoms with Crippen LogP contribution in [0.25, 0.3) is 0 Å². The number of nitrogens with two attached hydrogens (primary N) is 2. The van der Waals surface area contributed by atoms with Gasteiger partial charge in [-0.05, 0) is 30.9 Å². The Morgan fingerprint density at radius 1 is 0.912 bits per heavy atom. The number of unbranched alkanes of at least 4 members (excludes halogenated alkanes) is 1. The van der Waals surface area contributed by atoms with E-state index in [-0.39, 0.29) is 12.3 Å². The highest BCUT2D eigenvalue weighted by atomic mass is 16.4. The van der Waals surface area contributed by atoms with Gasteiger partial charge in [0.05, 0.1) is 12.6 Å². The van der Waals surface area contributed by atoms with Gasteiger partial charge in [-0.3, -0.25) is 14.4 Å². The van der Waals surface area contributed by atoms with E-state index in [2.05, 4.69) is 16.0 Å². The number of carbonyl (C=O) groups excluding carboxylic acids is 3. The summed E-state index contributed by atoms with van der Waals surface area (Å²) in [4.78, 5) is 49.6. The zero-order chi connectivity index (χ0) is 25.7. The summed E-state index contributed by atoms with van der Waals surface area (Å²) in [6.07, 6.45) is 1.91. The third-order valence-corrected chi connectivity index (χ3v) is 5.27. The van der Waals surface area contributed by atoms with Crippen LogP contribution in [0.5, 0.6) is 0 Å². The van der Waals surface area contributed by atoms with Crippen molar-refractivity contribution in [2.45, 2.75) is 63.7 Å². The number of aliphatic hydroxyl groups is 1. The number of hydrogen-bond donors (Lipinski definition) is 7. The molecule has 4 atom stereocenters. The number of hydrogen-bond acceptors (Lipinski definition) is 7. The van der Waals surface area contributed by atoms with Crippen molar-refractivity contribution in [3.8, 4) is 0 Å². The lowest BCUT2D eigenvalue weighted by molar-refractivity contribution is -0.143. The number of carbonyl (C=O) groups is 4. The molecular weight excluding hydrogens is 442 g/mol. The van der Waals surface area contributed by atoms with Crippen molar-refractivity contribution >= 4 is 23.7 Å². The van der Waals surface area contributed by atoms with Crippen LogP contribution in [0, 0.1) is 5.92 Å². The third kappa shape index (κ3) is 9.86. The van der Waals surface area contributed by atoms with E-state index in [4.69, 9.17) is 16.6 Å². The Hall–Kier alpha value is -3.02. The SMILES string of the molecule is CC(C)C(NC(=O)C(N)CCCCN)C(=O)NC(Cc1ccccc1)C(=O)NC(CO)C(=O)O. The lowest BCUT2D eigenvalue weighted by Gasteiger charge is -2.27. The number of amides is 3. The Morgan fingerprint density at radius 3 is 2.06 bits per heavy atom. The van der Waals surface area contributed by atoms with E-state index in [1.54, 1.807) is 44.2 Å². The Balaban J connectivity index is 2.98. The molecule has 0 saturated carbocycles. The zero-order valence-electron chi connectivity index (χ0n) is 19.7. The summed E-state index contributed by atoms with van der Waals surface area (Å²) in [5.74, 6) is -3.59. The summed E-state index contributed by atoms with van der Waals surface area (Å²) in [5, 5.41) is 25.9. The summed E-state index contributed by atoms with van der Waals surface area (Å²) < 4.78 is 0. The molecule has 0 heterocycles. The maximum Gasteiger partial charge on any atom is 0.328 e. The first kappa shape index (κ1) is 29.0. The van der Waals surface area contributed by atoms with E-state index >= 15 is 0 Å². The number of rotatable bonds is 15. The van der Waals surface area contributed by atoms with E-state index < -0.39 is 54.5 Å². The van der Waals surface area contributed by atoms with E-state index in [1.807, 2.05) is 0 Å². The van der Waals surface area contributed by atoms with Crippen LogP contribution in [0.1, 0.15) is 38.7 Å². The average molecular weight is 480 g/mol. The molecule has 0 saturated heterocycles. The Bertz CT molecular complexity index is 804. The summed E-state index contributed by atoms with van der Waals surface area (Å²) in [5.41, 5.74) is 12.1. The molecule has 4 unspecified atom stereocenters. The van der Waals surface area contributed by atoms with Crippen molar-refractivity contribution in [3.63, 3.8) is 0 Å². The van der Waals surface area contributed by atoms with Crippen molar-refractivity contribution in [3.05, 3.63) is 35.9 Å². The largest absolute Gasteiger partial charge is 0.480 e. The fraction of sp³-hybridized carbons (Fsp3) is 0.565. The first-order valence-electron chi connectivity index (χ1n) is 11.3. The molecule has 0 radical (unpaired) electrons. The molecule has 0 aliphatic rings. The number of nitrogens with one attached hydrogen (secondary N) is 3. The van der Waals surface area contributed by atoms with Crippen LogP contribution in [-0.2, 0) is 25.6 Å². The molecule has 0 fully saturated rings. The maximum absolute atomic E-state index is 13.1. The summed E-state index contributed by atoms with van der Waals surface area (Å²) in [7, 11) is 0. The fourth-order valence-electron chi connectivity index (χ4n) is 3.21. The highest BCUT2D eigenvalue weighted by Gasteiger charge is 2.31. The average Bonchev–Trinajstić information content (AvgIpc) is 2.80. The van der Waals surface area contributed by atoms with Crippen molar-refractivity contribution in [1.82, 2.24) is 16.0 Å². The quantitative estimate of drug-likeness (QED) is 0.153. The van der Waals surface area contributed by atoms with Gasteiger partial charge < -0.3 is 37.6 Å². The topological polar surface area (TPSA) is 197 Å². The number of aliphatic carboxylic acids is 1. The summed E-state index contributed by atoms with van der Waals surface area (Å²) in [6.45, 7) is 3.17. The maximum atomic E-state index is 13.1. The molecule has 0 aromatic heterocycles. The van der Waals surface area contributed by atoms with Gasteiger partial charge in [-0.1, -0.05) is 50.6 Å². The molecule has 0 aliphatic heterocycles. The standard InChI is InChI=1S/C23H37N5O6/c1-14(2)19(28-20(30)16(25)10-6-7-11-24)22(32)26-17(12-15-8-4-3-5-9-15)21(31)27-18(13-29)23(33)34/h3-5,8-9,14,16-19,29H,6-7,10-13,24-25H2,1-2H3,(H,26,32)(H,27,31)(H,28,30)(H,33,34). The molecule has 0 bridgehead atoms. The van der Waals surface area contributed by atoms with Crippen LogP contribution < -0.4 is 27.4 Å². The molecule has 0 spiro atoms. The normalized spacial score (nSPS) is 14.5. The number of carboxylic acids is 1. The van der Waals surface area contributed by atoms with E-state index in [1.165, 1.54) is 0 Å². The van der Waals surface area contributed by atoms with Crippen LogP contribution in [-0.4, -0.2) is 71.2 Å². The van der Waals surface area contributed by atoms with Gasteiger partial charge in [-0.15, -0.1) is 0 Å². The van der Waals surface area contributed by atoms with Gasteiger partial charge in [0.2, 0.25) is 17.7 Å². The molecule has 34 heavy (non-hydrogen) atoms. The molecule has 1 aromatic carbocycles. The summed E-state index contributed by atoms with van der Waals surface area (Å²) >= 11 is 0. The zero-order valence-corrected chi connectivity index (χ0v) is 19.7.